The van der Waals surface area contributed by atoms with Crippen LogP contribution in [-0.2, 0) is 0 Å². The highest BCUT2D eigenvalue weighted by Crippen LogP contribution is 2.33. The van der Waals surface area contributed by atoms with E-state index in [2.05, 4.69) is 10.5 Å². The van der Waals surface area contributed by atoms with Crippen molar-refractivity contribution in [2.45, 2.75) is 33.1 Å². The van der Waals surface area contributed by atoms with Crippen molar-refractivity contribution in [3.8, 4) is 16.9 Å². The maximum atomic E-state index is 13.1. The summed E-state index contributed by atoms with van der Waals surface area (Å²) in [7, 11) is 0. The number of Topliss-reactive ketones (excluding diaryl/α,β-unsaturated/α-hetero) is 1. The number of carbonyl (C=O) groups is 2. The first kappa shape index (κ1) is 22.5. The van der Waals surface area contributed by atoms with Gasteiger partial charge in [0.25, 0.3) is 5.91 Å². The quantitative estimate of drug-likeness (QED) is 0.500. The Balaban J connectivity index is 1.80. The van der Waals surface area contributed by atoms with Crippen molar-refractivity contribution in [3.05, 3.63) is 69.3 Å². The number of nitrogens with one attached hydrogen (secondary N) is 1. The van der Waals surface area contributed by atoms with Gasteiger partial charge in [-0.3, -0.25) is 15.0 Å². The number of benzene rings is 2. The van der Waals surface area contributed by atoms with Gasteiger partial charge in [-0.15, -0.1) is 0 Å². The molecule has 0 atom stereocenters. The molecule has 1 aromatic heterocycles. The van der Waals surface area contributed by atoms with Crippen molar-refractivity contribution in [1.29, 1.82) is 0 Å². The van der Waals surface area contributed by atoms with Gasteiger partial charge in [-0.05, 0) is 44.9 Å². The zero-order valence-corrected chi connectivity index (χ0v) is 19.5. The van der Waals surface area contributed by atoms with E-state index >= 15 is 0 Å². The van der Waals surface area contributed by atoms with Crippen LogP contribution in [0.4, 0.5) is 0 Å². The summed E-state index contributed by atoms with van der Waals surface area (Å²) in [6.07, 6.45) is 3.29. The second kappa shape index (κ2) is 9.45. The van der Waals surface area contributed by atoms with Gasteiger partial charge < -0.3 is 0 Å². The van der Waals surface area contributed by atoms with Crippen molar-refractivity contribution in [3.63, 3.8) is 0 Å². The van der Waals surface area contributed by atoms with Crippen LogP contribution in [0.25, 0.3) is 16.9 Å². The highest BCUT2D eigenvalue weighted by molar-refractivity contribution is 6.35. The Morgan fingerprint density at radius 2 is 1.69 bits per heavy atom. The summed E-state index contributed by atoms with van der Waals surface area (Å²) >= 11 is 12.6. The molecule has 3 aromatic rings. The zero-order valence-electron chi connectivity index (χ0n) is 18.0. The fourth-order valence-electron chi connectivity index (χ4n) is 3.94. The Morgan fingerprint density at radius 3 is 2.31 bits per heavy atom. The molecule has 6 nitrogen and oxygen atoms in total. The Bertz CT molecular complexity index is 1170. The summed E-state index contributed by atoms with van der Waals surface area (Å²) in [5.41, 5.74) is 6.82. The van der Waals surface area contributed by atoms with Crippen LogP contribution in [0.2, 0.25) is 10.0 Å². The summed E-state index contributed by atoms with van der Waals surface area (Å²) in [5, 5.41) is 7.53. The first-order valence-corrected chi connectivity index (χ1v) is 11.3. The molecule has 2 aromatic carbocycles. The Hall–Kier alpha value is -2.67. The van der Waals surface area contributed by atoms with E-state index in [-0.39, 0.29) is 11.7 Å². The van der Waals surface area contributed by atoms with E-state index in [1.165, 1.54) is 13.3 Å². The highest BCUT2D eigenvalue weighted by Gasteiger charge is 2.25. The third-order valence-corrected chi connectivity index (χ3v) is 6.19. The van der Waals surface area contributed by atoms with Crippen LogP contribution in [0.5, 0.6) is 0 Å². The molecular weight excluding hydrogens is 447 g/mol. The maximum absolute atomic E-state index is 13.1. The lowest BCUT2D eigenvalue weighted by atomic mass is 10.0. The fraction of sp³-hybridized carbons (Fsp3) is 0.292. The first-order valence-electron chi connectivity index (χ1n) is 10.6. The van der Waals surface area contributed by atoms with E-state index < -0.39 is 0 Å². The average molecular weight is 471 g/mol. The molecule has 1 amide bonds. The minimum atomic E-state index is -0.255. The summed E-state index contributed by atoms with van der Waals surface area (Å²) < 4.78 is 1.67. The lowest BCUT2D eigenvalue weighted by Crippen LogP contribution is -2.45. The number of hydrogen-bond acceptors (Lipinski definition) is 4. The van der Waals surface area contributed by atoms with Gasteiger partial charge in [0.2, 0.25) is 0 Å². The number of hydrogen-bond donors (Lipinski definition) is 1. The van der Waals surface area contributed by atoms with Crippen LogP contribution < -0.4 is 5.43 Å². The normalized spacial score (nSPS) is 14.4. The predicted octanol–water partition coefficient (Wildman–Crippen LogP) is 5.49. The van der Waals surface area contributed by atoms with Crippen molar-refractivity contribution in [2.24, 2.45) is 0 Å². The number of carbonyl (C=O) groups excluding carboxylic acids is 2. The van der Waals surface area contributed by atoms with Crippen LogP contribution in [0.3, 0.4) is 0 Å². The summed E-state index contributed by atoms with van der Waals surface area (Å²) in [5.74, 6) is -0.265. The monoisotopic (exact) mass is 470 g/mol. The van der Waals surface area contributed by atoms with E-state index in [1.54, 1.807) is 35.0 Å². The summed E-state index contributed by atoms with van der Waals surface area (Å²) in [6.45, 7) is 5.05. The average Bonchev–Trinajstić information content (AvgIpc) is 3.11. The third kappa shape index (κ3) is 4.58. The van der Waals surface area contributed by atoms with Gasteiger partial charge in [0, 0.05) is 34.8 Å². The van der Waals surface area contributed by atoms with Crippen LogP contribution in [0, 0.1) is 6.92 Å². The number of amides is 1. The standard InChI is InChI=1S/C24H24Cl2N4O2/c1-15-22(24(32)28-29-12-4-3-5-13-29)27-30(21-11-10-19(25)14-20(21)26)23(15)18-8-6-17(7-9-18)16(2)31/h6-11,14H,3-5,12-13H2,1-2H3,(H,28,32). The molecule has 1 fully saturated rings. The molecule has 8 heteroatoms. The van der Waals surface area contributed by atoms with Gasteiger partial charge in [-0.25, -0.2) is 9.69 Å². The van der Waals surface area contributed by atoms with Crippen molar-refractivity contribution >= 4 is 34.9 Å². The number of aromatic nitrogens is 2. The molecule has 0 saturated carbocycles. The molecule has 0 radical (unpaired) electrons. The molecule has 1 saturated heterocycles. The number of ketones is 1. The lowest BCUT2D eigenvalue weighted by Gasteiger charge is -2.26. The Kier molecular flexibility index (Phi) is 6.65. The molecule has 0 unspecified atom stereocenters. The van der Waals surface area contributed by atoms with Crippen LogP contribution in [0.15, 0.2) is 42.5 Å². The third-order valence-electron chi connectivity index (χ3n) is 5.66. The number of piperidine rings is 1. The molecule has 1 N–H and O–H groups in total. The minimum Gasteiger partial charge on any atom is -0.295 e. The van der Waals surface area contributed by atoms with E-state index in [1.807, 2.05) is 24.1 Å². The van der Waals surface area contributed by atoms with Gasteiger partial charge in [0.15, 0.2) is 11.5 Å². The number of halogens is 2. The second-order valence-electron chi connectivity index (χ2n) is 7.95. The van der Waals surface area contributed by atoms with Crippen molar-refractivity contribution in [1.82, 2.24) is 20.2 Å². The van der Waals surface area contributed by atoms with Gasteiger partial charge >= 0.3 is 0 Å². The van der Waals surface area contributed by atoms with Crippen molar-refractivity contribution < 1.29 is 9.59 Å². The molecular formula is C24H24Cl2N4O2. The second-order valence-corrected chi connectivity index (χ2v) is 8.80. The van der Waals surface area contributed by atoms with E-state index in [0.29, 0.717) is 27.0 Å². The zero-order chi connectivity index (χ0) is 22.8. The number of nitrogens with zero attached hydrogens (tertiary/aromatic N) is 3. The van der Waals surface area contributed by atoms with Crippen molar-refractivity contribution in [2.75, 3.05) is 13.1 Å². The molecule has 0 bridgehead atoms. The fourth-order valence-corrected chi connectivity index (χ4v) is 4.43. The minimum absolute atomic E-state index is 0.0101. The smallest absolute Gasteiger partial charge is 0.286 e. The SMILES string of the molecule is CC(=O)c1ccc(-c2c(C)c(C(=O)NN3CCCCC3)nn2-c2ccc(Cl)cc2Cl)cc1. The van der Waals surface area contributed by atoms with Gasteiger partial charge in [-0.1, -0.05) is 53.9 Å². The first-order chi connectivity index (χ1) is 15.3. The number of rotatable bonds is 5. The molecule has 1 aliphatic rings. The highest BCUT2D eigenvalue weighted by atomic mass is 35.5. The molecule has 1 aliphatic heterocycles. The summed E-state index contributed by atoms with van der Waals surface area (Å²) in [4.78, 5) is 24.8. The van der Waals surface area contributed by atoms with Crippen LogP contribution in [-0.4, -0.2) is 39.6 Å². The molecule has 0 spiro atoms. The van der Waals surface area contributed by atoms with Gasteiger partial charge in [0.05, 0.1) is 16.4 Å². The topological polar surface area (TPSA) is 67.2 Å². The van der Waals surface area contributed by atoms with E-state index in [0.717, 1.165) is 42.8 Å². The van der Waals surface area contributed by atoms with Gasteiger partial charge in [-0.2, -0.15) is 5.10 Å². The van der Waals surface area contributed by atoms with Gasteiger partial charge in [0.1, 0.15) is 0 Å². The van der Waals surface area contributed by atoms with E-state index in [4.69, 9.17) is 23.2 Å². The van der Waals surface area contributed by atoms with Crippen LogP contribution in [0.1, 0.15) is 52.6 Å². The molecule has 4 rings (SSSR count). The largest absolute Gasteiger partial charge is 0.295 e. The molecule has 166 valence electrons. The molecule has 32 heavy (non-hydrogen) atoms. The molecule has 2 heterocycles. The predicted molar refractivity (Wildman–Crippen MR) is 127 cm³/mol. The number of hydrazine groups is 1. The Labute approximate surface area is 197 Å². The molecule has 0 aliphatic carbocycles. The maximum Gasteiger partial charge on any atom is 0.286 e. The van der Waals surface area contributed by atoms with Crippen LogP contribution >= 0.6 is 23.2 Å². The lowest BCUT2D eigenvalue weighted by molar-refractivity contribution is 0.0743. The Morgan fingerprint density at radius 1 is 1.00 bits per heavy atom. The van der Waals surface area contributed by atoms with E-state index in [9.17, 15) is 9.59 Å². The summed E-state index contributed by atoms with van der Waals surface area (Å²) in [6, 6.07) is 12.4.